The lowest BCUT2D eigenvalue weighted by atomic mass is 9.91. The van der Waals surface area contributed by atoms with E-state index >= 15 is 0 Å². The zero-order valence-electron chi connectivity index (χ0n) is 22.9. The van der Waals surface area contributed by atoms with Crippen LogP contribution in [0.15, 0.2) is 0 Å². The molecule has 3 heteroatoms. The monoisotopic (exact) mass is 466 g/mol. The zero-order chi connectivity index (χ0) is 23.8. The van der Waals surface area contributed by atoms with E-state index in [0.717, 1.165) is 25.7 Å². The number of ether oxygens (including phenoxy) is 3. The SMILES string of the molecule is CCCCCCCCCCCC1(OC2(CCCCCCCCCCC)CC(C)O2)CC(C)O1. The maximum absolute atomic E-state index is 6.74. The normalized spacial score (nSPS) is 29.1. The highest BCUT2D eigenvalue weighted by Gasteiger charge is 2.54. The zero-order valence-corrected chi connectivity index (χ0v) is 22.9. The van der Waals surface area contributed by atoms with Crippen LogP contribution < -0.4 is 0 Å². The summed E-state index contributed by atoms with van der Waals surface area (Å²) in [4.78, 5) is 0. The Morgan fingerprint density at radius 3 is 1.06 bits per heavy atom. The van der Waals surface area contributed by atoms with Crippen LogP contribution >= 0.6 is 0 Å². The van der Waals surface area contributed by atoms with Gasteiger partial charge >= 0.3 is 0 Å². The molecule has 3 nitrogen and oxygen atoms in total. The van der Waals surface area contributed by atoms with Gasteiger partial charge in [0, 0.05) is 25.7 Å². The van der Waals surface area contributed by atoms with Crippen molar-refractivity contribution in [3.8, 4) is 0 Å². The first-order chi connectivity index (χ1) is 16.0. The second-order valence-electron chi connectivity index (χ2n) is 11.3. The van der Waals surface area contributed by atoms with Crippen LogP contribution in [-0.4, -0.2) is 23.8 Å². The quantitative estimate of drug-likeness (QED) is 0.149. The van der Waals surface area contributed by atoms with Crippen LogP contribution in [0.3, 0.4) is 0 Å². The Kier molecular flexibility index (Phi) is 14.6. The summed E-state index contributed by atoms with van der Waals surface area (Å²) in [5.41, 5.74) is 0. The Bertz CT molecular complexity index is 423. The van der Waals surface area contributed by atoms with Crippen molar-refractivity contribution in [2.45, 2.75) is 193 Å². The van der Waals surface area contributed by atoms with Crippen LogP contribution in [-0.2, 0) is 14.2 Å². The Hall–Kier alpha value is -0.120. The lowest BCUT2D eigenvalue weighted by Crippen LogP contribution is -2.61. The van der Waals surface area contributed by atoms with Crippen molar-refractivity contribution in [3.05, 3.63) is 0 Å². The van der Waals surface area contributed by atoms with Crippen LogP contribution in [0.5, 0.6) is 0 Å². The van der Waals surface area contributed by atoms with Crippen molar-refractivity contribution < 1.29 is 14.2 Å². The predicted molar refractivity (Wildman–Crippen MR) is 141 cm³/mol. The van der Waals surface area contributed by atoms with Gasteiger partial charge in [0.1, 0.15) is 0 Å². The van der Waals surface area contributed by atoms with Crippen LogP contribution in [0.2, 0.25) is 0 Å². The van der Waals surface area contributed by atoms with Gasteiger partial charge in [0.2, 0.25) is 0 Å². The average molecular weight is 467 g/mol. The molecule has 4 unspecified atom stereocenters. The standard InChI is InChI=1S/C30H58O3/c1-5-7-9-11-13-15-17-19-21-23-29(25-27(3)31-29)33-30(26-28(4)32-30)24-22-20-18-16-14-12-10-8-6-2/h27-28H,5-26H2,1-4H3. The Balaban J connectivity index is 1.63. The van der Waals surface area contributed by atoms with Gasteiger partial charge in [-0.2, -0.15) is 0 Å². The molecule has 0 saturated carbocycles. The van der Waals surface area contributed by atoms with Crippen molar-refractivity contribution in [2.75, 3.05) is 0 Å². The first-order valence-corrected chi connectivity index (χ1v) is 15.1. The molecule has 2 saturated heterocycles. The highest BCUT2D eigenvalue weighted by Crippen LogP contribution is 2.48. The molecule has 0 aliphatic carbocycles. The molecule has 0 bridgehead atoms. The molecule has 33 heavy (non-hydrogen) atoms. The van der Waals surface area contributed by atoms with Gasteiger partial charge in [0.15, 0.2) is 11.6 Å². The summed E-state index contributed by atoms with van der Waals surface area (Å²) in [6.45, 7) is 8.93. The van der Waals surface area contributed by atoms with E-state index in [2.05, 4.69) is 27.7 Å². The lowest BCUT2D eigenvalue weighted by molar-refractivity contribution is -0.457. The molecular formula is C30H58O3. The largest absolute Gasteiger partial charge is 0.347 e. The van der Waals surface area contributed by atoms with Crippen LogP contribution in [0.1, 0.15) is 169 Å². The van der Waals surface area contributed by atoms with Crippen molar-refractivity contribution in [1.29, 1.82) is 0 Å². The molecule has 2 fully saturated rings. The van der Waals surface area contributed by atoms with Gasteiger partial charge < -0.3 is 14.2 Å². The van der Waals surface area contributed by atoms with E-state index in [1.807, 2.05) is 0 Å². The third kappa shape index (κ3) is 11.4. The Morgan fingerprint density at radius 1 is 0.515 bits per heavy atom. The second-order valence-corrected chi connectivity index (χ2v) is 11.3. The topological polar surface area (TPSA) is 27.7 Å². The highest BCUT2D eigenvalue weighted by atomic mass is 16.8. The fourth-order valence-electron chi connectivity index (χ4n) is 5.89. The van der Waals surface area contributed by atoms with Gasteiger partial charge in [0.05, 0.1) is 12.2 Å². The van der Waals surface area contributed by atoms with E-state index in [0.29, 0.717) is 12.2 Å². The molecule has 0 amide bonds. The van der Waals surface area contributed by atoms with E-state index in [4.69, 9.17) is 14.2 Å². The minimum Gasteiger partial charge on any atom is -0.347 e. The molecule has 2 rings (SSSR count). The fourth-order valence-corrected chi connectivity index (χ4v) is 5.89. The average Bonchev–Trinajstić information content (AvgIpc) is 2.75. The summed E-state index contributed by atoms with van der Waals surface area (Å²) in [6.07, 6.45) is 29.2. The van der Waals surface area contributed by atoms with Crippen molar-refractivity contribution in [2.24, 2.45) is 0 Å². The van der Waals surface area contributed by atoms with Crippen LogP contribution in [0.4, 0.5) is 0 Å². The summed E-state index contributed by atoms with van der Waals surface area (Å²) >= 11 is 0. The first kappa shape index (κ1) is 29.1. The third-order valence-electron chi connectivity index (χ3n) is 7.72. The van der Waals surface area contributed by atoms with Gasteiger partial charge in [-0.25, -0.2) is 0 Å². The number of hydrogen-bond donors (Lipinski definition) is 0. The van der Waals surface area contributed by atoms with Crippen molar-refractivity contribution in [1.82, 2.24) is 0 Å². The molecular weight excluding hydrogens is 408 g/mol. The molecule has 2 heterocycles. The summed E-state index contributed by atoms with van der Waals surface area (Å²) in [6, 6.07) is 0. The van der Waals surface area contributed by atoms with E-state index in [1.165, 1.54) is 116 Å². The van der Waals surface area contributed by atoms with Crippen LogP contribution in [0.25, 0.3) is 0 Å². The third-order valence-corrected chi connectivity index (χ3v) is 7.72. The van der Waals surface area contributed by atoms with Gasteiger partial charge in [-0.15, -0.1) is 0 Å². The number of hydrogen-bond acceptors (Lipinski definition) is 3. The molecule has 0 N–H and O–H groups in total. The van der Waals surface area contributed by atoms with Crippen molar-refractivity contribution >= 4 is 0 Å². The molecule has 0 aromatic rings. The minimum atomic E-state index is -0.375. The number of unbranched alkanes of at least 4 members (excludes halogenated alkanes) is 16. The molecule has 4 atom stereocenters. The van der Waals surface area contributed by atoms with Crippen LogP contribution in [0, 0.1) is 0 Å². The maximum atomic E-state index is 6.74. The molecule has 2 aliphatic rings. The van der Waals surface area contributed by atoms with Gasteiger partial charge in [-0.05, 0) is 26.7 Å². The summed E-state index contributed by atoms with van der Waals surface area (Å²) in [5.74, 6) is -0.750. The summed E-state index contributed by atoms with van der Waals surface area (Å²) in [5, 5.41) is 0. The molecule has 2 aliphatic heterocycles. The van der Waals surface area contributed by atoms with E-state index in [1.54, 1.807) is 0 Å². The van der Waals surface area contributed by atoms with E-state index < -0.39 is 0 Å². The van der Waals surface area contributed by atoms with Gasteiger partial charge in [0.25, 0.3) is 0 Å². The predicted octanol–water partition coefficient (Wildman–Crippen LogP) is 9.85. The van der Waals surface area contributed by atoms with Gasteiger partial charge in [-0.1, -0.05) is 117 Å². The molecule has 196 valence electrons. The fraction of sp³-hybridized carbons (Fsp3) is 1.00. The lowest BCUT2D eigenvalue weighted by Gasteiger charge is -2.55. The van der Waals surface area contributed by atoms with E-state index in [-0.39, 0.29) is 11.6 Å². The molecule has 0 aromatic heterocycles. The maximum Gasteiger partial charge on any atom is 0.174 e. The minimum absolute atomic E-state index is 0.325. The smallest absolute Gasteiger partial charge is 0.174 e. The Morgan fingerprint density at radius 2 is 0.788 bits per heavy atom. The number of rotatable bonds is 22. The summed E-state index contributed by atoms with van der Waals surface area (Å²) in [7, 11) is 0. The molecule has 0 spiro atoms. The van der Waals surface area contributed by atoms with E-state index in [9.17, 15) is 0 Å². The Labute approximate surface area is 207 Å². The second kappa shape index (κ2) is 16.5. The highest BCUT2D eigenvalue weighted by molar-refractivity contribution is 4.91. The first-order valence-electron chi connectivity index (χ1n) is 15.1. The molecule has 0 radical (unpaired) electrons. The van der Waals surface area contributed by atoms with Gasteiger partial charge in [-0.3, -0.25) is 0 Å². The molecule has 0 aromatic carbocycles. The van der Waals surface area contributed by atoms with Crippen molar-refractivity contribution in [3.63, 3.8) is 0 Å². The summed E-state index contributed by atoms with van der Waals surface area (Å²) < 4.78 is 19.2.